The van der Waals surface area contributed by atoms with Crippen LogP contribution in [0.25, 0.3) is 0 Å². The van der Waals surface area contributed by atoms with E-state index in [4.69, 9.17) is 0 Å². The highest BCUT2D eigenvalue weighted by atomic mass is 32.1. The second-order valence-corrected chi connectivity index (χ2v) is 6.95. The molecule has 2 amide bonds. The highest BCUT2D eigenvalue weighted by Crippen LogP contribution is 2.33. The van der Waals surface area contributed by atoms with E-state index in [-0.39, 0.29) is 17.9 Å². The van der Waals surface area contributed by atoms with Crippen LogP contribution in [0.1, 0.15) is 45.4 Å². The molecule has 0 radical (unpaired) electrons. The van der Waals surface area contributed by atoms with E-state index in [1.54, 1.807) is 4.90 Å². The molecular weight excluding hydrogens is 314 g/mol. The number of hydrogen-bond donors (Lipinski definition) is 1. The van der Waals surface area contributed by atoms with Gasteiger partial charge in [0.15, 0.2) is 0 Å². The lowest BCUT2D eigenvalue weighted by molar-refractivity contribution is -0.122. The topological polar surface area (TPSA) is 78.4 Å². The standard InChI is InChI=1S/C15H23N5O2S/c1-2-3-8-16-13(22)11-6-4-9-19(11)14-17-18-15(23-14)20-10-5-7-12(20)21/h11H,2-10H2,1H3,(H,16,22). The van der Waals surface area contributed by atoms with Crippen LogP contribution >= 0.6 is 11.3 Å². The van der Waals surface area contributed by atoms with Gasteiger partial charge in [-0.05, 0) is 25.7 Å². The minimum Gasteiger partial charge on any atom is -0.354 e. The molecule has 2 aliphatic heterocycles. The van der Waals surface area contributed by atoms with E-state index >= 15 is 0 Å². The summed E-state index contributed by atoms with van der Waals surface area (Å²) in [6.45, 7) is 4.36. The Morgan fingerprint density at radius 2 is 2.13 bits per heavy atom. The molecule has 1 unspecified atom stereocenters. The summed E-state index contributed by atoms with van der Waals surface area (Å²) in [5.41, 5.74) is 0. The Morgan fingerprint density at radius 3 is 2.87 bits per heavy atom. The van der Waals surface area contributed by atoms with Crippen LogP contribution < -0.4 is 15.1 Å². The smallest absolute Gasteiger partial charge is 0.242 e. The van der Waals surface area contributed by atoms with Gasteiger partial charge in [-0.1, -0.05) is 24.7 Å². The van der Waals surface area contributed by atoms with E-state index in [9.17, 15) is 9.59 Å². The lowest BCUT2D eigenvalue weighted by atomic mass is 10.2. The van der Waals surface area contributed by atoms with Crippen LogP contribution in [0.3, 0.4) is 0 Å². The van der Waals surface area contributed by atoms with Crippen LogP contribution in [0.4, 0.5) is 10.3 Å². The van der Waals surface area contributed by atoms with Crippen LogP contribution in [0, 0.1) is 0 Å². The van der Waals surface area contributed by atoms with Gasteiger partial charge in [0.2, 0.25) is 22.1 Å². The maximum Gasteiger partial charge on any atom is 0.242 e. The van der Waals surface area contributed by atoms with Crippen molar-refractivity contribution in [3.8, 4) is 0 Å². The van der Waals surface area contributed by atoms with Gasteiger partial charge < -0.3 is 10.2 Å². The summed E-state index contributed by atoms with van der Waals surface area (Å²) in [6, 6.07) is -0.165. The van der Waals surface area contributed by atoms with E-state index in [1.165, 1.54) is 11.3 Å². The van der Waals surface area contributed by atoms with E-state index in [1.807, 2.05) is 4.90 Å². The maximum absolute atomic E-state index is 12.4. The molecule has 3 rings (SSSR count). The Kier molecular flexibility index (Phi) is 5.09. The Morgan fingerprint density at radius 1 is 1.30 bits per heavy atom. The number of carbonyl (C=O) groups is 2. The Labute approximate surface area is 140 Å². The van der Waals surface area contributed by atoms with E-state index in [2.05, 4.69) is 22.4 Å². The summed E-state index contributed by atoms with van der Waals surface area (Å²) in [5.74, 6) is 0.188. The van der Waals surface area contributed by atoms with Crippen molar-refractivity contribution >= 4 is 33.4 Å². The molecule has 126 valence electrons. The Bertz CT molecular complexity index is 576. The first kappa shape index (κ1) is 16.2. The van der Waals surface area contributed by atoms with Gasteiger partial charge >= 0.3 is 0 Å². The first-order valence-corrected chi connectivity index (χ1v) is 9.20. The zero-order valence-electron chi connectivity index (χ0n) is 13.5. The molecule has 1 N–H and O–H groups in total. The van der Waals surface area contributed by atoms with Gasteiger partial charge in [-0.2, -0.15) is 0 Å². The first-order valence-electron chi connectivity index (χ1n) is 8.39. The average Bonchev–Trinajstić information content (AvgIpc) is 3.26. The van der Waals surface area contributed by atoms with Gasteiger partial charge in [-0.3, -0.25) is 14.5 Å². The molecule has 0 aliphatic carbocycles. The molecule has 2 fully saturated rings. The summed E-state index contributed by atoms with van der Waals surface area (Å²) in [5, 5.41) is 12.8. The number of anilines is 2. The summed E-state index contributed by atoms with van der Waals surface area (Å²) >= 11 is 1.41. The fourth-order valence-corrected chi connectivity index (χ4v) is 4.02. The molecule has 8 heteroatoms. The number of aromatic nitrogens is 2. The number of nitrogens with zero attached hydrogens (tertiary/aromatic N) is 4. The molecule has 7 nitrogen and oxygen atoms in total. The third-order valence-corrected chi connectivity index (χ3v) is 5.32. The molecule has 23 heavy (non-hydrogen) atoms. The van der Waals surface area contributed by atoms with E-state index < -0.39 is 0 Å². The number of carbonyl (C=O) groups excluding carboxylic acids is 2. The zero-order chi connectivity index (χ0) is 16.2. The number of unbranched alkanes of at least 4 members (excludes halogenated alkanes) is 1. The van der Waals surface area contributed by atoms with Gasteiger partial charge in [0, 0.05) is 26.1 Å². The molecule has 1 aromatic rings. The largest absolute Gasteiger partial charge is 0.354 e. The summed E-state index contributed by atoms with van der Waals surface area (Å²) in [6.07, 6.45) is 5.34. The minimum absolute atomic E-state index is 0.0740. The highest BCUT2D eigenvalue weighted by Gasteiger charge is 2.34. The predicted octanol–water partition coefficient (Wildman–Crippen LogP) is 1.55. The molecule has 2 saturated heterocycles. The number of amides is 2. The van der Waals surface area contributed by atoms with Crippen molar-refractivity contribution in [2.24, 2.45) is 0 Å². The Balaban J connectivity index is 1.67. The third-order valence-electron chi connectivity index (χ3n) is 4.34. The normalized spacial score (nSPS) is 21.3. The van der Waals surface area contributed by atoms with Crippen molar-refractivity contribution in [3.05, 3.63) is 0 Å². The second kappa shape index (κ2) is 7.25. The molecule has 0 saturated carbocycles. The first-order chi connectivity index (χ1) is 11.2. The van der Waals surface area contributed by atoms with Crippen molar-refractivity contribution in [1.82, 2.24) is 15.5 Å². The lowest BCUT2D eigenvalue weighted by Gasteiger charge is -2.22. The molecule has 0 bridgehead atoms. The van der Waals surface area contributed by atoms with Crippen molar-refractivity contribution in [2.75, 3.05) is 29.4 Å². The van der Waals surface area contributed by atoms with Crippen LogP contribution in [-0.2, 0) is 9.59 Å². The van der Waals surface area contributed by atoms with Crippen LogP contribution in [-0.4, -0.2) is 47.7 Å². The van der Waals surface area contributed by atoms with E-state index in [0.717, 1.165) is 50.3 Å². The van der Waals surface area contributed by atoms with Crippen LogP contribution in [0.5, 0.6) is 0 Å². The van der Waals surface area contributed by atoms with Crippen molar-refractivity contribution in [1.29, 1.82) is 0 Å². The van der Waals surface area contributed by atoms with Gasteiger partial charge in [0.1, 0.15) is 6.04 Å². The molecule has 0 aromatic carbocycles. The number of rotatable bonds is 6. The van der Waals surface area contributed by atoms with Gasteiger partial charge in [0.05, 0.1) is 0 Å². The van der Waals surface area contributed by atoms with Gasteiger partial charge in [-0.15, -0.1) is 10.2 Å². The summed E-state index contributed by atoms with van der Waals surface area (Å²) in [4.78, 5) is 27.9. The van der Waals surface area contributed by atoms with Crippen LogP contribution in [0.15, 0.2) is 0 Å². The summed E-state index contributed by atoms with van der Waals surface area (Å²) < 4.78 is 0. The second-order valence-electron chi connectivity index (χ2n) is 6.01. The summed E-state index contributed by atoms with van der Waals surface area (Å²) in [7, 11) is 0. The number of nitrogens with one attached hydrogen (secondary N) is 1. The van der Waals surface area contributed by atoms with Crippen LogP contribution in [0.2, 0.25) is 0 Å². The van der Waals surface area contributed by atoms with Crippen molar-refractivity contribution in [2.45, 2.75) is 51.5 Å². The monoisotopic (exact) mass is 337 g/mol. The minimum atomic E-state index is -0.165. The molecular formula is C15H23N5O2S. The average molecular weight is 337 g/mol. The fraction of sp³-hybridized carbons (Fsp3) is 0.733. The quantitative estimate of drug-likeness (QED) is 0.797. The SMILES string of the molecule is CCCCNC(=O)C1CCCN1c1nnc(N2CCCC2=O)s1. The molecule has 1 atom stereocenters. The van der Waals surface area contributed by atoms with E-state index in [0.29, 0.717) is 18.1 Å². The van der Waals surface area contributed by atoms with Crippen molar-refractivity contribution in [3.63, 3.8) is 0 Å². The zero-order valence-corrected chi connectivity index (χ0v) is 14.3. The third kappa shape index (κ3) is 3.46. The molecule has 2 aliphatic rings. The van der Waals surface area contributed by atoms with Crippen molar-refractivity contribution < 1.29 is 9.59 Å². The number of hydrogen-bond acceptors (Lipinski definition) is 6. The highest BCUT2D eigenvalue weighted by molar-refractivity contribution is 7.19. The maximum atomic E-state index is 12.4. The fourth-order valence-electron chi connectivity index (χ4n) is 3.06. The molecule has 0 spiro atoms. The van der Waals surface area contributed by atoms with Gasteiger partial charge in [0.25, 0.3) is 0 Å². The lowest BCUT2D eigenvalue weighted by Crippen LogP contribution is -2.43. The van der Waals surface area contributed by atoms with Gasteiger partial charge in [-0.25, -0.2) is 0 Å². The predicted molar refractivity (Wildman–Crippen MR) is 89.8 cm³/mol. The molecule has 1 aromatic heterocycles. The molecule has 3 heterocycles. The Hall–Kier alpha value is -1.70.